The lowest BCUT2D eigenvalue weighted by Gasteiger charge is -2.43. The highest BCUT2D eigenvalue weighted by molar-refractivity contribution is 5.95. The Kier molecular flexibility index (Phi) is 5.00. The van der Waals surface area contributed by atoms with Crippen molar-refractivity contribution in [3.8, 4) is 5.75 Å². The predicted octanol–water partition coefficient (Wildman–Crippen LogP) is 2.32. The van der Waals surface area contributed by atoms with Crippen LogP contribution in [0.1, 0.15) is 49.0 Å². The van der Waals surface area contributed by atoms with Crippen LogP contribution in [0.3, 0.4) is 0 Å². The van der Waals surface area contributed by atoms with Crippen LogP contribution in [-0.2, 0) is 11.2 Å². The van der Waals surface area contributed by atoms with Crippen LogP contribution < -0.4 is 10.1 Å². The van der Waals surface area contributed by atoms with Crippen molar-refractivity contribution in [2.24, 2.45) is 17.8 Å². The van der Waals surface area contributed by atoms with Crippen LogP contribution in [0.2, 0.25) is 0 Å². The summed E-state index contributed by atoms with van der Waals surface area (Å²) in [7, 11) is 0. The molecule has 162 valence electrons. The fourth-order valence-electron chi connectivity index (χ4n) is 5.97. The number of amides is 2. The van der Waals surface area contributed by atoms with Crippen molar-refractivity contribution < 1.29 is 14.3 Å². The first-order valence-electron chi connectivity index (χ1n) is 11.6. The zero-order chi connectivity index (χ0) is 20.9. The van der Waals surface area contributed by atoms with Gasteiger partial charge in [0.05, 0.1) is 12.5 Å². The van der Waals surface area contributed by atoms with E-state index in [0.717, 1.165) is 55.8 Å². The molecular formula is C24H33N3O3. The van der Waals surface area contributed by atoms with E-state index in [-0.39, 0.29) is 23.3 Å². The van der Waals surface area contributed by atoms with Crippen molar-refractivity contribution >= 4 is 11.8 Å². The van der Waals surface area contributed by atoms with E-state index in [2.05, 4.69) is 24.1 Å². The molecule has 3 atom stereocenters. The third-order valence-electron chi connectivity index (χ3n) is 7.96. The lowest BCUT2D eigenvalue weighted by Crippen LogP contribution is -2.56. The number of fused-ring (bicyclic) bond motifs is 3. The average molecular weight is 412 g/mol. The second kappa shape index (κ2) is 7.56. The van der Waals surface area contributed by atoms with Gasteiger partial charge in [-0.15, -0.1) is 0 Å². The summed E-state index contributed by atoms with van der Waals surface area (Å²) in [6, 6.07) is 5.80. The van der Waals surface area contributed by atoms with E-state index in [1.807, 2.05) is 23.1 Å². The molecule has 6 heteroatoms. The fraction of sp³-hybridized carbons (Fsp3) is 0.667. The van der Waals surface area contributed by atoms with E-state index in [0.29, 0.717) is 31.5 Å². The zero-order valence-corrected chi connectivity index (χ0v) is 18.2. The molecule has 3 fully saturated rings. The first kappa shape index (κ1) is 19.9. The Morgan fingerprint density at radius 2 is 2.10 bits per heavy atom. The van der Waals surface area contributed by atoms with Gasteiger partial charge in [-0.1, -0.05) is 20.3 Å². The van der Waals surface area contributed by atoms with Gasteiger partial charge >= 0.3 is 0 Å². The van der Waals surface area contributed by atoms with E-state index in [1.165, 1.54) is 6.42 Å². The number of likely N-dealkylation sites (tertiary alicyclic amines) is 2. The first-order valence-corrected chi connectivity index (χ1v) is 11.6. The Hall–Kier alpha value is -2.08. The maximum atomic E-state index is 13.1. The van der Waals surface area contributed by atoms with Crippen LogP contribution in [0.25, 0.3) is 0 Å². The largest absolute Gasteiger partial charge is 0.493 e. The van der Waals surface area contributed by atoms with Gasteiger partial charge in [0.2, 0.25) is 5.91 Å². The van der Waals surface area contributed by atoms with Gasteiger partial charge in [0, 0.05) is 56.2 Å². The molecule has 0 saturated carbocycles. The predicted molar refractivity (Wildman–Crippen MR) is 115 cm³/mol. The van der Waals surface area contributed by atoms with Crippen molar-refractivity contribution in [1.29, 1.82) is 0 Å². The molecule has 0 radical (unpaired) electrons. The van der Waals surface area contributed by atoms with E-state index < -0.39 is 0 Å². The van der Waals surface area contributed by atoms with Crippen LogP contribution >= 0.6 is 0 Å². The van der Waals surface area contributed by atoms with Crippen molar-refractivity contribution in [2.45, 2.75) is 45.1 Å². The second-order valence-electron chi connectivity index (χ2n) is 9.80. The molecule has 1 spiro atoms. The molecule has 5 rings (SSSR count). The molecule has 0 aliphatic carbocycles. The minimum atomic E-state index is -0.130. The number of nitrogens with one attached hydrogen (secondary N) is 1. The summed E-state index contributed by atoms with van der Waals surface area (Å²) in [5, 5.41) is 3.37. The van der Waals surface area contributed by atoms with Gasteiger partial charge in [0.15, 0.2) is 0 Å². The fourth-order valence-corrected chi connectivity index (χ4v) is 5.97. The zero-order valence-electron chi connectivity index (χ0n) is 18.2. The lowest BCUT2D eigenvalue weighted by molar-refractivity contribution is -0.123. The number of carbonyl (C=O) groups excluding carboxylic acids is 2. The van der Waals surface area contributed by atoms with E-state index >= 15 is 0 Å². The molecular weight excluding hydrogens is 378 g/mol. The summed E-state index contributed by atoms with van der Waals surface area (Å²) < 4.78 is 5.56. The molecule has 0 bridgehead atoms. The van der Waals surface area contributed by atoms with Crippen LogP contribution in [-0.4, -0.2) is 66.5 Å². The lowest BCUT2D eigenvalue weighted by atomic mass is 9.75. The molecule has 4 heterocycles. The maximum absolute atomic E-state index is 13.1. The number of ether oxygens (including phenoxy) is 1. The molecule has 1 N–H and O–H groups in total. The number of hydrogen-bond donors (Lipinski definition) is 1. The SMILES string of the molecule is CC[C@H](C)CN1C[C@H]2C(=O)NC3(CCN(C(=O)c4ccc5c(c4)CCO5)CC3)[C@H]2C1. The number of rotatable bonds is 4. The van der Waals surface area contributed by atoms with Crippen LogP contribution in [0.4, 0.5) is 0 Å². The van der Waals surface area contributed by atoms with Crippen molar-refractivity contribution in [3.05, 3.63) is 29.3 Å². The third kappa shape index (κ3) is 3.29. The Morgan fingerprint density at radius 3 is 2.87 bits per heavy atom. The maximum Gasteiger partial charge on any atom is 0.253 e. The summed E-state index contributed by atoms with van der Waals surface area (Å²) in [6.45, 7) is 9.63. The summed E-state index contributed by atoms with van der Waals surface area (Å²) in [5.74, 6) is 2.40. The normalized spacial score (nSPS) is 28.2. The van der Waals surface area contributed by atoms with Crippen molar-refractivity contribution in [2.75, 3.05) is 39.3 Å². The highest BCUT2D eigenvalue weighted by Crippen LogP contribution is 2.44. The average Bonchev–Trinajstić information content (AvgIpc) is 3.45. The summed E-state index contributed by atoms with van der Waals surface area (Å²) in [4.78, 5) is 30.3. The van der Waals surface area contributed by atoms with Gasteiger partial charge < -0.3 is 19.9 Å². The molecule has 1 aromatic rings. The Labute approximate surface area is 178 Å². The minimum absolute atomic E-state index is 0.102. The van der Waals surface area contributed by atoms with E-state index in [1.54, 1.807) is 0 Å². The van der Waals surface area contributed by atoms with Gasteiger partial charge in [-0.25, -0.2) is 0 Å². The van der Waals surface area contributed by atoms with E-state index in [9.17, 15) is 9.59 Å². The Balaban J connectivity index is 1.25. The molecule has 0 aromatic heterocycles. The smallest absolute Gasteiger partial charge is 0.253 e. The molecule has 4 aliphatic heterocycles. The second-order valence-corrected chi connectivity index (χ2v) is 9.80. The molecule has 1 aromatic carbocycles. The standard InChI is InChI=1S/C24H33N3O3/c1-3-16(2)13-26-14-19-20(15-26)24(25-22(19)28)7-9-27(10-8-24)23(29)18-4-5-21-17(12-18)6-11-30-21/h4-5,12,16,19-20H,3,6-11,13-15H2,1-2H3,(H,25,28)/t16-,19+,20-/m0/s1. The summed E-state index contributed by atoms with van der Waals surface area (Å²) >= 11 is 0. The Bertz CT molecular complexity index is 846. The molecule has 2 amide bonds. The van der Waals surface area contributed by atoms with Crippen molar-refractivity contribution in [1.82, 2.24) is 15.1 Å². The first-order chi connectivity index (χ1) is 14.5. The topological polar surface area (TPSA) is 61.9 Å². The number of carbonyl (C=O) groups is 2. The van der Waals surface area contributed by atoms with Crippen LogP contribution in [0.5, 0.6) is 5.75 Å². The number of hydrogen-bond acceptors (Lipinski definition) is 4. The van der Waals surface area contributed by atoms with E-state index in [4.69, 9.17) is 4.74 Å². The van der Waals surface area contributed by atoms with Crippen molar-refractivity contribution in [3.63, 3.8) is 0 Å². The van der Waals surface area contributed by atoms with Gasteiger partial charge in [-0.2, -0.15) is 0 Å². The number of nitrogens with zero attached hydrogens (tertiary/aromatic N) is 2. The molecule has 0 unspecified atom stereocenters. The molecule has 4 aliphatic rings. The summed E-state index contributed by atoms with van der Waals surface area (Å²) in [6.07, 6.45) is 3.77. The minimum Gasteiger partial charge on any atom is -0.493 e. The number of benzene rings is 1. The van der Waals surface area contributed by atoms with Gasteiger partial charge in [-0.3, -0.25) is 9.59 Å². The van der Waals surface area contributed by atoms with Gasteiger partial charge in [-0.05, 0) is 42.5 Å². The van der Waals surface area contributed by atoms with Crippen LogP contribution in [0, 0.1) is 17.8 Å². The third-order valence-corrected chi connectivity index (χ3v) is 7.96. The highest BCUT2D eigenvalue weighted by atomic mass is 16.5. The molecule has 3 saturated heterocycles. The number of piperidine rings is 1. The monoisotopic (exact) mass is 411 g/mol. The molecule has 30 heavy (non-hydrogen) atoms. The van der Waals surface area contributed by atoms with Gasteiger partial charge in [0.1, 0.15) is 5.75 Å². The molecule has 6 nitrogen and oxygen atoms in total. The van der Waals surface area contributed by atoms with Gasteiger partial charge in [0.25, 0.3) is 5.91 Å². The van der Waals surface area contributed by atoms with Crippen LogP contribution in [0.15, 0.2) is 18.2 Å². The highest BCUT2D eigenvalue weighted by Gasteiger charge is 2.57. The Morgan fingerprint density at radius 1 is 1.30 bits per heavy atom. The summed E-state index contributed by atoms with van der Waals surface area (Å²) in [5.41, 5.74) is 1.76. The quantitative estimate of drug-likeness (QED) is 0.826.